The zero-order valence-electron chi connectivity index (χ0n) is 12.3. The van der Waals surface area contributed by atoms with Crippen LogP contribution in [-0.4, -0.2) is 41.0 Å². The molecule has 1 saturated carbocycles. The Labute approximate surface area is 121 Å². The first-order chi connectivity index (χ1) is 9.74. The predicted molar refractivity (Wildman–Crippen MR) is 80.9 cm³/mol. The lowest BCUT2D eigenvalue weighted by molar-refractivity contribution is 0.0628. The van der Waals surface area contributed by atoms with Crippen molar-refractivity contribution in [2.75, 3.05) is 13.2 Å². The maximum absolute atomic E-state index is 12.6. The number of ketones is 1. The van der Waals surface area contributed by atoms with E-state index in [1.807, 2.05) is 37.3 Å². The molecule has 1 aliphatic rings. The molecule has 1 atom stereocenters. The summed E-state index contributed by atoms with van der Waals surface area (Å²) < 4.78 is 0. The van der Waals surface area contributed by atoms with E-state index in [4.69, 9.17) is 0 Å². The van der Waals surface area contributed by atoms with Gasteiger partial charge in [-0.1, -0.05) is 49.6 Å². The van der Waals surface area contributed by atoms with Gasteiger partial charge >= 0.3 is 0 Å². The third kappa shape index (κ3) is 3.68. The standard InChI is InChI=1S/C17H25NO2/c1-14(17(20)15-8-4-2-5-9-15)18(12-13-19)16-10-6-3-7-11-16/h2,4-5,8-9,14,16,19H,3,6-7,10-13H2,1H3. The molecule has 0 aromatic heterocycles. The lowest BCUT2D eigenvalue weighted by atomic mass is 9.92. The molecular formula is C17H25NO2. The molecule has 0 saturated heterocycles. The Bertz CT molecular complexity index is 412. The van der Waals surface area contributed by atoms with E-state index in [0.717, 1.165) is 18.4 Å². The predicted octanol–water partition coefficient (Wildman–Crippen LogP) is 2.88. The first kappa shape index (κ1) is 15.2. The summed E-state index contributed by atoms with van der Waals surface area (Å²) in [5, 5.41) is 9.32. The number of hydrogen-bond donors (Lipinski definition) is 1. The van der Waals surface area contributed by atoms with Gasteiger partial charge in [0.15, 0.2) is 5.78 Å². The van der Waals surface area contributed by atoms with Gasteiger partial charge in [0.05, 0.1) is 12.6 Å². The summed E-state index contributed by atoms with van der Waals surface area (Å²) in [5.41, 5.74) is 0.763. The molecular weight excluding hydrogens is 250 g/mol. The van der Waals surface area contributed by atoms with E-state index in [9.17, 15) is 9.90 Å². The molecule has 1 aromatic rings. The van der Waals surface area contributed by atoms with Gasteiger partial charge in [-0.2, -0.15) is 0 Å². The van der Waals surface area contributed by atoms with Crippen molar-refractivity contribution in [3.8, 4) is 0 Å². The fraction of sp³-hybridized carbons (Fsp3) is 0.588. The van der Waals surface area contributed by atoms with Crippen molar-refractivity contribution >= 4 is 5.78 Å². The van der Waals surface area contributed by atoms with E-state index in [2.05, 4.69) is 4.90 Å². The van der Waals surface area contributed by atoms with Crippen LogP contribution < -0.4 is 0 Å². The fourth-order valence-corrected chi connectivity index (χ4v) is 3.21. The molecule has 0 amide bonds. The Kier molecular flexibility index (Phi) is 5.74. The molecule has 0 aliphatic heterocycles. The smallest absolute Gasteiger partial charge is 0.179 e. The Hall–Kier alpha value is -1.19. The molecule has 1 N–H and O–H groups in total. The van der Waals surface area contributed by atoms with Gasteiger partial charge < -0.3 is 5.11 Å². The van der Waals surface area contributed by atoms with Gasteiger partial charge in [0.25, 0.3) is 0 Å². The SMILES string of the molecule is CC(C(=O)c1ccccc1)N(CCO)C1CCCCC1. The molecule has 0 spiro atoms. The van der Waals surface area contributed by atoms with Crippen molar-refractivity contribution in [1.29, 1.82) is 0 Å². The topological polar surface area (TPSA) is 40.5 Å². The summed E-state index contributed by atoms with van der Waals surface area (Å²) >= 11 is 0. The Morgan fingerprint density at radius 2 is 1.90 bits per heavy atom. The molecule has 0 heterocycles. The van der Waals surface area contributed by atoms with Crippen molar-refractivity contribution in [2.24, 2.45) is 0 Å². The van der Waals surface area contributed by atoms with Crippen molar-refractivity contribution in [2.45, 2.75) is 51.1 Å². The van der Waals surface area contributed by atoms with Crippen LogP contribution in [0.3, 0.4) is 0 Å². The van der Waals surface area contributed by atoms with Crippen LogP contribution in [0, 0.1) is 0 Å². The lowest BCUT2D eigenvalue weighted by Crippen LogP contribution is -2.47. The third-order valence-electron chi connectivity index (χ3n) is 4.34. The summed E-state index contributed by atoms with van der Waals surface area (Å²) in [5.74, 6) is 0.157. The normalized spacial score (nSPS) is 18.1. The van der Waals surface area contributed by atoms with Crippen molar-refractivity contribution in [3.05, 3.63) is 35.9 Å². The van der Waals surface area contributed by atoms with Crippen LogP contribution in [-0.2, 0) is 0 Å². The molecule has 0 bridgehead atoms. The fourth-order valence-electron chi connectivity index (χ4n) is 3.21. The number of hydrogen-bond acceptors (Lipinski definition) is 3. The van der Waals surface area contributed by atoms with Gasteiger partial charge in [0, 0.05) is 18.2 Å². The van der Waals surface area contributed by atoms with Crippen LogP contribution in [0.25, 0.3) is 0 Å². The van der Waals surface area contributed by atoms with Crippen LogP contribution >= 0.6 is 0 Å². The molecule has 1 aliphatic carbocycles. The van der Waals surface area contributed by atoms with E-state index < -0.39 is 0 Å². The van der Waals surface area contributed by atoms with E-state index in [1.165, 1.54) is 19.3 Å². The van der Waals surface area contributed by atoms with Gasteiger partial charge in [-0.3, -0.25) is 9.69 Å². The van der Waals surface area contributed by atoms with Gasteiger partial charge in [0.2, 0.25) is 0 Å². The number of nitrogens with zero attached hydrogens (tertiary/aromatic N) is 1. The van der Waals surface area contributed by atoms with Crippen LogP contribution in [0.1, 0.15) is 49.4 Å². The van der Waals surface area contributed by atoms with Crippen LogP contribution in [0.5, 0.6) is 0 Å². The van der Waals surface area contributed by atoms with Crippen LogP contribution in [0.15, 0.2) is 30.3 Å². The van der Waals surface area contributed by atoms with E-state index in [0.29, 0.717) is 12.6 Å². The average Bonchev–Trinajstić information content (AvgIpc) is 2.53. The van der Waals surface area contributed by atoms with E-state index in [1.54, 1.807) is 0 Å². The number of carbonyl (C=O) groups is 1. The quantitative estimate of drug-likeness (QED) is 0.812. The van der Waals surface area contributed by atoms with Gasteiger partial charge in [-0.25, -0.2) is 0 Å². The van der Waals surface area contributed by atoms with Gasteiger partial charge in [-0.05, 0) is 19.8 Å². The largest absolute Gasteiger partial charge is 0.395 e. The Morgan fingerprint density at radius 3 is 2.50 bits per heavy atom. The second kappa shape index (κ2) is 7.55. The molecule has 20 heavy (non-hydrogen) atoms. The van der Waals surface area contributed by atoms with Crippen molar-refractivity contribution < 1.29 is 9.90 Å². The highest BCUT2D eigenvalue weighted by molar-refractivity contribution is 5.99. The highest BCUT2D eigenvalue weighted by Gasteiger charge is 2.29. The number of aliphatic hydroxyl groups is 1. The Morgan fingerprint density at radius 1 is 1.25 bits per heavy atom. The molecule has 1 unspecified atom stereocenters. The minimum absolute atomic E-state index is 0.114. The minimum Gasteiger partial charge on any atom is -0.395 e. The molecule has 0 radical (unpaired) electrons. The zero-order valence-corrected chi connectivity index (χ0v) is 12.3. The van der Waals surface area contributed by atoms with E-state index in [-0.39, 0.29) is 18.4 Å². The molecule has 3 heteroatoms. The number of Topliss-reactive ketones (excluding diaryl/α,β-unsaturated/α-hetero) is 1. The first-order valence-corrected chi connectivity index (χ1v) is 7.70. The molecule has 110 valence electrons. The number of aliphatic hydroxyl groups excluding tert-OH is 1. The third-order valence-corrected chi connectivity index (χ3v) is 4.34. The molecule has 1 fully saturated rings. The lowest BCUT2D eigenvalue weighted by Gasteiger charge is -2.37. The number of benzene rings is 1. The van der Waals surface area contributed by atoms with Gasteiger partial charge in [-0.15, -0.1) is 0 Å². The maximum Gasteiger partial charge on any atom is 0.179 e. The van der Waals surface area contributed by atoms with Gasteiger partial charge in [0.1, 0.15) is 0 Å². The van der Waals surface area contributed by atoms with Crippen molar-refractivity contribution in [1.82, 2.24) is 4.90 Å². The first-order valence-electron chi connectivity index (χ1n) is 7.70. The minimum atomic E-state index is -0.160. The number of rotatable bonds is 6. The second-order valence-electron chi connectivity index (χ2n) is 5.66. The van der Waals surface area contributed by atoms with E-state index >= 15 is 0 Å². The molecule has 3 nitrogen and oxygen atoms in total. The Balaban J connectivity index is 2.09. The zero-order chi connectivity index (χ0) is 14.4. The highest BCUT2D eigenvalue weighted by atomic mass is 16.3. The van der Waals surface area contributed by atoms with Crippen LogP contribution in [0.4, 0.5) is 0 Å². The van der Waals surface area contributed by atoms with Crippen molar-refractivity contribution in [3.63, 3.8) is 0 Å². The monoisotopic (exact) mass is 275 g/mol. The molecule has 1 aromatic carbocycles. The summed E-state index contributed by atoms with van der Waals surface area (Å²) in [6.07, 6.45) is 6.06. The molecule has 2 rings (SSSR count). The maximum atomic E-state index is 12.6. The summed E-state index contributed by atoms with van der Waals surface area (Å²) in [6.45, 7) is 2.67. The second-order valence-corrected chi connectivity index (χ2v) is 5.66. The van der Waals surface area contributed by atoms with Crippen LogP contribution in [0.2, 0.25) is 0 Å². The average molecular weight is 275 g/mol. The number of carbonyl (C=O) groups excluding carboxylic acids is 1. The summed E-state index contributed by atoms with van der Waals surface area (Å²) in [6, 6.07) is 9.75. The summed E-state index contributed by atoms with van der Waals surface area (Å²) in [7, 11) is 0. The summed E-state index contributed by atoms with van der Waals surface area (Å²) in [4.78, 5) is 14.8. The highest BCUT2D eigenvalue weighted by Crippen LogP contribution is 2.25.